The number of anilines is 1. The predicted molar refractivity (Wildman–Crippen MR) is 107 cm³/mol. The molecule has 0 aliphatic carbocycles. The van der Waals surface area contributed by atoms with Gasteiger partial charge >= 0.3 is 0 Å². The molecule has 0 unspecified atom stereocenters. The Balaban J connectivity index is 1.55. The average molecular weight is 379 g/mol. The second-order valence-electron chi connectivity index (χ2n) is 6.26. The molecule has 0 bridgehead atoms. The zero-order chi connectivity index (χ0) is 18.8. The SMILES string of the molecule is CCc1ccc(-c2cn3c(CC(=O)Nc4ccccc4F)csc3n2)cc1. The number of aromatic nitrogens is 2. The number of thiazole rings is 1. The van der Waals surface area contributed by atoms with Crippen LogP contribution >= 0.6 is 11.3 Å². The van der Waals surface area contributed by atoms with Crippen LogP contribution in [0.3, 0.4) is 0 Å². The fraction of sp³-hybridized carbons (Fsp3) is 0.143. The van der Waals surface area contributed by atoms with Crippen molar-refractivity contribution in [3.05, 3.63) is 77.2 Å². The van der Waals surface area contributed by atoms with E-state index in [1.54, 1.807) is 18.2 Å². The molecule has 0 aliphatic rings. The number of carbonyl (C=O) groups excluding carboxylic acids is 1. The Hall–Kier alpha value is -2.99. The van der Waals surface area contributed by atoms with Crippen LogP contribution in [0.1, 0.15) is 18.2 Å². The Kier molecular flexibility index (Phi) is 4.73. The summed E-state index contributed by atoms with van der Waals surface area (Å²) in [6, 6.07) is 14.5. The number of hydrogen-bond acceptors (Lipinski definition) is 3. The number of amides is 1. The van der Waals surface area contributed by atoms with Gasteiger partial charge in [0, 0.05) is 22.8 Å². The topological polar surface area (TPSA) is 46.4 Å². The van der Waals surface area contributed by atoms with Gasteiger partial charge in [0.05, 0.1) is 17.8 Å². The molecule has 0 saturated carbocycles. The summed E-state index contributed by atoms with van der Waals surface area (Å²) in [5.41, 5.74) is 4.22. The molecule has 4 rings (SSSR count). The second-order valence-corrected chi connectivity index (χ2v) is 7.10. The maximum Gasteiger partial charge on any atom is 0.230 e. The van der Waals surface area contributed by atoms with Crippen LogP contribution in [-0.2, 0) is 17.6 Å². The van der Waals surface area contributed by atoms with Gasteiger partial charge in [-0.1, -0.05) is 43.3 Å². The molecule has 2 aromatic heterocycles. The summed E-state index contributed by atoms with van der Waals surface area (Å²) in [4.78, 5) is 17.8. The highest BCUT2D eigenvalue weighted by molar-refractivity contribution is 7.15. The summed E-state index contributed by atoms with van der Waals surface area (Å²) in [6.07, 6.45) is 3.09. The van der Waals surface area contributed by atoms with E-state index in [9.17, 15) is 9.18 Å². The molecule has 0 aliphatic heterocycles. The zero-order valence-electron chi connectivity index (χ0n) is 14.8. The Bertz CT molecular complexity index is 1100. The van der Waals surface area contributed by atoms with E-state index in [0.717, 1.165) is 28.3 Å². The highest BCUT2D eigenvalue weighted by atomic mass is 32.1. The number of fused-ring (bicyclic) bond motifs is 1. The van der Waals surface area contributed by atoms with Crippen molar-refractivity contribution in [1.29, 1.82) is 0 Å². The number of imidazole rings is 1. The molecule has 4 aromatic rings. The van der Waals surface area contributed by atoms with Crippen LogP contribution in [0, 0.1) is 5.82 Å². The third kappa shape index (κ3) is 3.61. The van der Waals surface area contributed by atoms with Crippen molar-refractivity contribution < 1.29 is 9.18 Å². The van der Waals surface area contributed by atoms with Crippen molar-refractivity contribution in [3.8, 4) is 11.3 Å². The van der Waals surface area contributed by atoms with E-state index >= 15 is 0 Å². The standard InChI is InChI=1S/C21H18FN3OS/c1-2-14-7-9-15(10-8-14)19-12-25-16(13-27-21(25)24-19)11-20(26)23-18-6-4-3-5-17(18)22/h3-10,12-13H,2,11H2,1H3,(H,23,26). The lowest BCUT2D eigenvalue weighted by atomic mass is 10.1. The minimum absolute atomic E-state index is 0.152. The minimum Gasteiger partial charge on any atom is -0.323 e. The van der Waals surface area contributed by atoms with Gasteiger partial charge < -0.3 is 5.32 Å². The summed E-state index contributed by atoms with van der Waals surface area (Å²) in [5.74, 6) is -0.705. The van der Waals surface area contributed by atoms with Crippen molar-refractivity contribution in [2.75, 3.05) is 5.32 Å². The summed E-state index contributed by atoms with van der Waals surface area (Å²) in [7, 11) is 0. The molecule has 0 saturated heterocycles. The quantitative estimate of drug-likeness (QED) is 0.534. The highest BCUT2D eigenvalue weighted by Gasteiger charge is 2.13. The second kappa shape index (κ2) is 7.32. The number of nitrogens with zero attached hydrogens (tertiary/aromatic N) is 2. The first kappa shape index (κ1) is 17.4. The average Bonchev–Trinajstić information content (AvgIpc) is 3.26. The fourth-order valence-corrected chi connectivity index (χ4v) is 3.80. The predicted octanol–water partition coefficient (Wildman–Crippen LogP) is 4.95. The number of halogens is 1. The maximum atomic E-state index is 13.7. The number of nitrogens with one attached hydrogen (secondary N) is 1. The number of aryl methyl sites for hydroxylation is 1. The summed E-state index contributed by atoms with van der Waals surface area (Å²) in [6.45, 7) is 2.13. The molecule has 2 heterocycles. The highest BCUT2D eigenvalue weighted by Crippen LogP contribution is 2.24. The van der Waals surface area contributed by atoms with E-state index < -0.39 is 5.82 Å². The van der Waals surface area contributed by atoms with Gasteiger partial charge in [-0.3, -0.25) is 9.20 Å². The van der Waals surface area contributed by atoms with Crippen molar-refractivity contribution in [2.24, 2.45) is 0 Å². The largest absolute Gasteiger partial charge is 0.323 e. The third-order valence-electron chi connectivity index (χ3n) is 4.43. The Labute approximate surface area is 160 Å². The molecule has 0 fully saturated rings. The molecule has 0 atom stereocenters. The van der Waals surface area contributed by atoms with Crippen molar-refractivity contribution in [1.82, 2.24) is 9.38 Å². The van der Waals surface area contributed by atoms with Crippen LogP contribution in [0.2, 0.25) is 0 Å². The van der Waals surface area contributed by atoms with Gasteiger partial charge in [0.1, 0.15) is 5.82 Å². The van der Waals surface area contributed by atoms with Crippen molar-refractivity contribution >= 4 is 27.9 Å². The van der Waals surface area contributed by atoms with E-state index in [-0.39, 0.29) is 18.0 Å². The number of rotatable bonds is 5. The molecule has 1 amide bonds. The van der Waals surface area contributed by atoms with E-state index in [0.29, 0.717) is 0 Å². The molecule has 1 N–H and O–H groups in total. The van der Waals surface area contributed by atoms with Crippen LogP contribution in [0.15, 0.2) is 60.1 Å². The summed E-state index contributed by atoms with van der Waals surface area (Å²) >= 11 is 1.49. The van der Waals surface area contributed by atoms with Gasteiger partial charge in [0.2, 0.25) is 5.91 Å². The smallest absolute Gasteiger partial charge is 0.230 e. The third-order valence-corrected chi connectivity index (χ3v) is 5.32. The van der Waals surface area contributed by atoms with Gasteiger partial charge in [-0.15, -0.1) is 11.3 Å². The minimum atomic E-state index is -0.443. The number of carbonyl (C=O) groups is 1. The molecule has 6 heteroatoms. The number of benzene rings is 2. The van der Waals surface area contributed by atoms with Crippen LogP contribution in [0.5, 0.6) is 0 Å². The molecule has 0 spiro atoms. The normalized spacial score (nSPS) is 11.0. The fourth-order valence-electron chi connectivity index (χ4n) is 2.93. The van der Waals surface area contributed by atoms with Crippen molar-refractivity contribution in [3.63, 3.8) is 0 Å². The van der Waals surface area contributed by atoms with Crippen LogP contribution in [0.25, 0.3) is 16.2 Å². The number of para-hydroxylation sites is 1. The molecule has 27 heavy (non-hydrogen) atoms. The van der Waals surface area contributed by atoms with Crippen molar-refractivity contribution in [2.45, 2.75) is 19.8 Å². The first-order valence-corrected chi connectivity index (χ1v) is 9.61. The molecular formula is C21H18FN3OS. The van der Waals surface area contributed by atoms with Gasteiger partial charge in [0.25, 0.3) is 0 Å². The first-order chi connectivity index (χ1) is 13.1. The van der Waals surface area contributed by atoms with E-state index in [1.165, 1.54) is 23.0 Å². The van der Waals surface area contributed by atoms with Gasteiger partial charge in [0.15, 0.2) is 4.96 Å². The molecular weight excluding hydrogens is 361 g/mol. The number of hydrogen-bond donors (Lipinski definition) is 1. The maximum absolute atomic E-state index is 13.7. The van der Waals surface area contributed by atoms with Gasteiger partial charge in [-0.25, -0.2) is 9.37 Å². The van der Waals surface area contributed by atoms with E-state index in [2.05, 4.69) is 41.5 Å². The summed E-state index contributed by atoms with van der Waals surface area (Å²) in [5, 5.41) is 4.53. The lowest BCUT2D eigenvalue weighted by molar-refractivity contribution is -0.115. The van der Waals surface area contributed by atoms with E-state index in [1.807, 2.05) is 16.0 Å². The monoisotopic (exact) mass is 379 g/mol. The van der Waals surface area contributed by atoms with Crippen LogP contribution < -0.4 is 5.32 Å². The van der Waals surface area contributed by atoms with Gasteiger partial charge in [-0.05, 0) is 24.1 Å². The molecule has 2 aromatic carbocycles. The molecule has 4 nitrogen and oxygen atoms in total. The van der Waals surface area contributed by atoms with Gasteiger partial charge in [-0.2, -0.15) is 0 Å². The molecule has 136 valence electrons. The van der Waals surface area contributed by atoms with Crippen LogP contribution in [-0.4, -0.2) is 15.3 Å². The van der Waals surface area contributed by atoms with Crippen LogP contribution in [0.4, 0.5) is 10.1 Å². The molecule has 0 radical (unpaired) electrons. The van der Waals surface area contributed by atoms with E-state index in [4.69, 9.17) is 0 Å². The Morgan fingerprint density at radius 3 is 2.70 bits per heavy atom. The summed E-state index contributed by atoms with van der Waals surface area (Å²) < 4.78 is 15.6. The first-order valence-electron chi connectivity index (χ1n) is 8.73. The lowest BCUT2D eigenvalue weighted by Gasteiger charge is -2.05. The lowest BCUT2D eigenvalue weighted by Crippen LogP contribution is -2.16. The Morgan fingerprint density at radius 1 is 1.19 bits per heavy atom. The zero-order valence-corrected chi connectivity index (χ0v) is 15.6. The Morgan fingerprint density at radius 2 is 1.96 bits per heavy atom.